The fourth-order valence-corrected chi connectivity index (χ4v) is 5.40. The van der Waals surface area contributed by atoms with Crippen molar-refractivity contribution in [2.24, 2.45) is 7.05 Å². The summed E-state index contributed by atoms with van der Waals surface area (Å²) in [6, 6.07) is 0. The fraction of sp³-hybridized carbons (Fsp3) is 0.400. The Labute approximate surface area is 171 Å². The summed E-state index contributed by atoms with van der Waals surface area (Å²) in [5.41, 5.74) is 3.24. The van der Waals surface area contributed by atoms with Crippen molar-refractivity contribution in [1.29, 1.82) is 0 Å². The van der Waals surface area contributed by atoms with Crippen molar-refractivity contribution in [1.82, 2.24) is 14.5 Å². The number of Topliss-reactive ketones (excluding diaryl/α,β-unsaturated/α-hetero) is 2. The molecule has 0 aliphatic carbocycles. The largest absolute Gasteiger partial charge is 0.355 e. The summed E-state index contributed by atoms with van der Waals surface area (Å²) in [4.78, 5) is 47.1. The number of nitrogens with zero attached hydrogens (tertiary/aromatic N) is 2. The van der Waals surface area contributed by atoms with Crippen LogP contribution in [0.5, 0.6) is 0 Å². The molecule has 1 atom stereocenters. The number of fused-ring (bicyclic) bond motifs is 1. The lowest BCUT2D eigenvalue weighted by Crippen LogP contribution is -2.22. The number of nitrogens with one attached hydrogen (secondary N) is 1. The zero-order valence-corrected chi connectivity index (χ0v) is 18.6. The second-order valence-electron chi connectivity index (χ2n) is 7.03. The third-order valence-electron chi connectivity index (χ3n) is 5.06. The molecular formula is C20H23N3O3S2. The van der Waals surface area contributed by atoms with E-state index in [9.17, 15) is 14.4 Å². The first kappa shape index (κ1) is 20.5. The van der Waals surface area contributed by atoms with Gasteiger partial charge in [-0.15, -0.1) is 11.3 Å². The molecule has 0 bridgehead atoms. The highest BCUT2D eigenvalue weighted by Crippen LogP contribution is 2.30. The molecule has 3 aromatic rings. The van der Waals surface area contributed by atoms with Gasteiger partial charge in [0.15, 0.2) is 16.7 Å². The van der Waals surface area contributed by atoms with Crippen molar-refractivity contribution in [2.45, 2.75) is 51.9 Å². The second-order valence-corrected chi connectivity index (χ2v) is 9.54. The number of thioether (sulfide) groups is 1. The van der Waals surface area contributed by atoms with Gasteiger partial charge in [0, 0.05) is 23.2 Å². The van der Waals surface area contributed by atoms with Crippen molar-refractivity contribution in [3.8, 4) is 0 Å². The molecule has 1 unspecified atom stereocenters. The first-order chi connectivity index (χ1) is 13.0. The number of aromatic amines is 1. The van der Waals surface area contributed by atoms with Crippen molar-refractivity contribution in [3.63, 3.8) is 0 Å². The minimum Gasteiger partial charge on any atom is -0.355 e. The summed E-state index contributed by atoms with van der Waals surface area (Å²) < 4.78 is 1.50. The molecule has 6 nitrogen and oxygen atoms in total. The number of H-pyrrole nitrogens is 1. The molecule has 8 heteroatoms. The molecule has 0 saturated carbocycles. The number of ketones is 2. The molecule has 0 radical (unpaired) electrons. The van der Waals surface area contributed by atoms with Crippen LogP contribution in [0.4, 0.5) is 0 Å². The molecule has 28 heavy (non-hydrogen) atoms. The van der Waals surface area contributed by atoms with E-state index in [2.05, 4.69) is 9.97 Å². The molecule has 0 fully saturated rings. The van der Waals surface area contributed by atoms with Gasteiger partial charge in [0.2, 0.25) is 0 Å². The summed E-state index contributed by atoms with van der Waals surface area (Å²) in [7, 11) is 1.68. The summed E-state index contributed by atoms with van der Waals surface area (Å²) in [5, 5.41) is 0.692. The lowest BCUT2D eigenvalue weighted by molar-refractivity contribution is 0.0988. The highest BCUT2D eigenvalue weighted by atomic mass is 32.2. The van der Waals surface area contributed by atoms with Crippen LogP contribution in [0.3, 0.4) is 0 Å². The normalized spacial score (nSPS) is 12.5. The second kappa shape index (κ2) is 7.33. The molecule has 3 heterocycles. The van der Waals surface area contributed by atoms with Crippen molar-refractivity contribution in [2.75, 3.05) is 0 Å². The van der Waals surface area contributed by atoms with Gasteiger partial charge < -0.3 is 4.98 Å². The van der Waals surface area contributed by atoms with Crippen molar-refractivity contribution in [3.05, 3.63) is 43.3 Å². The Hall–Kier alpha value is -2.19. The molecule has 0 aliphatic heterocycles. The molecule has 3 aromatic heterocycles. The fourth-order valence-electron chi connectivity index (χ4n) is 3.40. The van der Waals surface area contributed by atoms with E-state index >= 15 is 0 Å². The lowest BCUT2D eigenvalue weighted by Gasteiger charge is -2.12. The Bertz CT molecular complexity index is 1180. The van der Waals surface area contributed by atoms with Crippen LogP contribution in [0, 0.1) is 27.7 Å². The van der Waals surface area contributed by atoms with Crippen LogP contribution < -0.4 is 5.56 Å². The zero-order valence-electron chi connectivity index (χ0n) is 17.0. The van der Waals surface area contributed by atoms with Crippen LogP contribution in [0.25, 0.3) is 10.2 Å². The average molecular weight is 418 g/mol. The number of rotatable bonds is 5. The molecule has 0 aliphatic rings. The van der Waals surface area contributed by atoms with Crippen molar-refractivity contribution >= 4 is 44.9 Å². The number of aromatic nitrogens is 3. The molecular weight excluding hydrogens is 394 g/mol. The molecule has 0 amide bonds. The van der Waals surface area contributed by atoms with Gasteiger partial charge in [-0.2, -0.15) is 0 Å². The van der Waals surface area contributed by atoms with E-state index in [1.54, 1.807) is 27.8 Å². The average Bonchev–Trinajstić information content (AvgIpc) is 3.07. The molecule has 0 saturated heterocycles. The minimum atomic E-state index is -0.464. The lowest BCUT2D eigenvalue weighted by atomic mass is 10.0. The maximum atomic E-state index is 13.0. The predicted octanol–water partition coefficient (Wildman–Crippen LogP) is 4.12. The smallest absolute Gasteiger partial charge is 0.262 e. The number of carbonyl (C=O) groups excluding carboxylic acids is 2. The van der Waals surface area contributed by atoms with E-state index in [1.807, 2.05) is 13.8 Å². The van der Waals surface area contributed by atoms with Crippen LogP contribution in [0.1, 0.15) is 56.4 Å². The van der Waals surface area contributed by atoms with Crippen molar-refractivity contribution < 1.29 is 9.59 Å². The summed E-state index contributed by atoms with van der Waals surface area (Å²) in [6.07, 6.45) is 0. The number of hydrogen-bond acceptors (Lipinski definition) is 6. The highest BCUT2D eigenvalue weighted by molar-refractivity contribution is 8.00. The summed E-state index contributed by atoms with van der Waals surface area (Å²) >= 11 is 2.75. The quantitative estimate of drug-likeness (QED) is 0.383. The Morgan fingerprint density at radius 2 is 1.82 bits per heavy atom. The predicted molar refractivity (Wildman–Crippen MR) is 114 cm³/mol. The Balaban J connectivity index is 1.97. The summed E-state index contributed by atoms with van der Waals surface area (Å²) in [6.45, 7) is 10.8. The van der Waals surface area contributed by atoms with E-state index in [-0.39, 0.29) is 17.1 Å². The highest BCUT2D eigenvalue weighted by Gasteiger charge is 2.26. The standard InChI is InChI=1S/C20H23N3O3S2/c1-8-12(5)27-18-15(8)19(26)23(7)20(22-18)28-13(6)17(25)16-9(2)14(11(4)24)10(3)21-16/h13,21H,1-7H3. The minimum absolute atomic E-state index is 0.0662. The van der Waals surface area contributed by atoms with Crippen LogP contribution in [0.15, 0.2) is 9.95 Å². The summed E-state index contributed by atoms with van der Waals surface area (Å²) in [5.74, 6) is -0.186. The van der Waals surface area contributed by atoms with E-state index in [1.165, 1.54) is 34.6 Å². The van der Waals surface area contributed by atoms with E-state index in [4.69, 9.17) is 0 Å². The van der Waals surface area contributed by atoms with Crippen LogP contribution in [-0.2, 0) is 7.05 Å². The van der Waals surface area contributed by atoms with Gasteiger partial charge in [-0.05, 0) is 52.7 Å². The van der Waals surface area contributed by atoms with Gasteiger partial charge in [-0.3, -0.25) is 19.0 Å². The van der Waals surface area contributed by atoms with Crippen LogP contribution in [-0.4, -0.2) is 31.4 Å². The Morgan fingerprint density at radius 1 is 1.18 bits per heavy atom. The zero-order chi connectivity index (χ0) is 20.9. The maximum Gasteiger partial charge on any atom is 0.262 e. The van der Waals surface area contributed by atoms with E-state index in [0.717, 1.165) is 10.4 Å². The maximum absolute atomic E-state index is 13.0. The number of carbonyl (C=O) groups is 2. The third-order valence-corrected chi connectivity index (χ3v) is 7.30. The number of aryl methyl sites for hydroxylation is 3. The van der Waals surface area contributed by atoms with Gasteiger partial charge in [-0.1, -0.05) is 11.8 Å². The molecule has 148 valence electrons. The third kappa shape index (κ3) is 3.24. The van der Waals surface area contributed by atoms with Gasteiger partial charge in [-0.25, -0.2) is 4.98 Å². The monoisotopic (exact) mass is 417 g/mol. The first-order valence-corrected chi connectivity index (χ1v) is 10.6. The molecule has 1 N–H and O–H groups in total. The van der Waals surface area contributed by atoms with Gasteiger partial charge in [0.05, 0.1) is 16.3 Å². The molecule has 3 rings (SSSR count). The first-order valence-electron chi connectivity index (χ1n) is 8.92. The molecule has 0 spiro atoms. The van der Waals surface area contributed by atoms with Gasteiger partial charge in [0.1, 0.15) is 4.83 Å². The Kier molecular flexibility index (Phi) is 5.38. The number of thiophene rings is 1. The van der Waals surface area contributed by atoms with Gasteiger partial charge >= 0.3 is 0 Å². The van der Waals surface area contributed by atoms with Crippen LogP contribution in [0.2, 0.25) is 0 Å². The van der Waals surface area contributed by atoms with Gasteiger partial charge in [0.25, 0.3) is 5.56 Å². The Morgan fingerprint density at radius 3 is 2.39 bits per heavy atom. The SMILES string of the molecule is CC(=O)c1c(C)[nH]c(C(=O)C(C)Sc2nc3sc(C)c(C)c3c(=O)n2C)c1C. The number of hydrogen-bond donors (Lipinski definition) is 1. The topological polar surface area (TPSA) is 84.8 Å². The van der Waals surface area contributed by atoms with Crippen LogP contribution >= 0.6 is 23.1 Å². The van der Waals surface area contributed by atoms with E-state index in [0.29, 0.717) is 37.9 Å². The molecule has 0 aromatic carbocycles. The van der Waals surface area contributed by atoms with E-state index < -0.39 is 5.25 Å².